The topological polar surface area (TPSA) is 41.1 Å². The summed E-state index contributed by atoms with van der Waals surface area (Å²) in [6, 6.07) is 0. The average molecular weight is 234 g/mol. The first kappa shape index (κ1) is 12.3. The van der Waals surface area contributed by atoms with Gasteiger partial charge in [-0.3, -0.25) is 4.98 Å². The Morgan fingerprint density at radius 2 is 2.35 bits per heavy atom. The van der Waals surface area contributed by atoms with E-state index in [2.05, 4.69) is 34.0 Å². The summed E-state index contributed by atoms with van der Waals surface area (Å²) in [5.41, 5.74) is 1.04. The van der Waals surface area contributed by atoms with Gasteiger partial charge in [-0.25, -0.2) is 4.98 Å². The molecule has 1 fully saturated rings. The van der Waals surface area contributed by atoms with Crippen molar-refractivity contribution in [2.24, 2.45) is 5.92 Å². The van der Waals surface area contributed by atoms with Gasteiger partial charge in [0.25, 0.3) is 0 Å². The lowest BCUT2D eigenvalue weighted by molar-refractivity contribution is 0.654. The molecule has 17 heavy (non-hydrogen) atoms. The lowest BCUT2D eigenvalue weighted by Crippen LogP contribution is -2.22. The van der Waals surface area contributed by atoms with Gasteiger partial charge in [0, 0.05) is 25.8 Å². The van der Waals surface area contributed by atoms with E-state index in [0.29, 0.717) is 0 Å². The molecule has 0 spiro atoms. The molecule has 4 heteroatoms. The second-order valence-electron chi connectivity index (χ2n) is 4.89. The predicted molar refractivity (Wildman–Crippen MR) is 70.0 cm³/mol. The van der Waals surface area contributed by atoms with Crippen LogP contribution in [0, 0.1) is 5.92 Å². The molecule has 1 aromatic rings. The molecular formula is C13H22N4. The Morgan fingerprint density at radius 1 is 1.47 bits per heavy atom. The first-order chi connectivity index (χ1) is 8.29. The Balaban J connectivity index is 1.96. The third kappa shape index (κ3) is 3.40. The van der Waals surface area contributed by atoms with E-state index in [1.165, 1.54) is 6.42 Å². The zero-order valence-electron chi connectivity index (χ0n) is 10.8. The summed E-state index contributed by atoms with van der Waals surface area (Å²) >= 11 is 0. The van der Waals surface area contributed by atoms with Crippen molar-refractivity contribution in [3.8, 4) is 0 Å². The SMILES string of the molecule is CCCNCc1cncc(N2CCC(C)C2)n1. The van der Waals surface area contributed by atoms with Crippen LogP contribution in [-0.2, 0) is 6.54 Å². The van der Waals surface area contributed by atoms with Gasteiger partial charge in [-0.15, -0.1) is 0 Å². The molecule has 1 aromatic heterocycles. The second kappa shape index (κ2) is 5.96. The van der Waals surface area contributed by atoms with Crippen molar-refractivity contribution in [1.82, 2.24) is 15.3 Å². The first-order valence-electron chi connectivity index (χ1n) is 6.56. The maximum absolute atomic E-state index is 4.66. The molecule has 1 saturated heterocycles. The van der Waals surface area contributed by atoms with Crippen LogP contribution in [0.25, 0.3) is 0 Å². The maximum atomic E-state index is 4.66. The van der Waals surface area contributed by atoms with Crippen molar-refractivity contribution < 1.29 is 0 Å². The Labute approximate surface area is 103 Å². The summed E-state index contributed by atoms with van der Waals surface area (Å²) in [7, 11) is 0. The van der Waals surface area contributed by atoms with Gasteiger partial charge in [-0.05, 0) is 25.3 Å². The van der Waals surface area contributed by atoms with Crippen LogP contribution in [0.1, 0.15) is 32.4 Å². The van der Waals surface area contributed by atoms with Gasteiger partial charge in [-0.2, -0.15) is 0 Å². The fourth-order valence-electron chi connectivity index (χ4n) is 2.17. The molecule has 1 unspecified atom stereocenters. The normalized spacial score (nSPS) is 19.9. The van der Waals surface area contributed by atoms with Crippen LogP contribution in [0.15, 0.2) is 12.4 Å². The average Bonchev–Trinajstić information content (AvgIpc) is 2.77. The van der Waals surface area contributed by atoms with Crippen LogP contribution >= 0.6 is 0 Å². The minimum absolute atomic E-state index is 0.777. The summed E-state index contributed by atoms with van der Waals surface area (Å²) in [6.45, 7) is 8.54. The molecule has 4 nitrogen and oxygen atoms in total. The predicted octanol–water partition coefficient (Wildman–Crippen LogP) is 1.82. The number of hydrogen-bond acceptors (Lipinski definition) is 4. The number of hydrogen-bond donors (Lipinski definition) is 1. The highest BCUT2D eigenvalue weighted by molar-refractivity contribution is 5.37. The quantitative estimate of drug-likeness (QED) is 0.789. The van der Waals surface area contributed by atoms with E-state index >= 15 is 0 Å². The smallest absolute Gasteiger partial charge is 0.147 e. The van der Waals surface area contributed by atoms with Crippen molar-refractivity contribution in [1.29, 1.82) is 0 Å². The molecule has 0 radical (unpaired) electrons. The van der Waals surface area contributed by atoms with E-state index < -0.39 is 0 Å². The van der Waals surface area contributed by atoms with E-state index in [9.17, 15) is 0 Å². The van der Waals surface area contributed by atoms with Crippen molar-refractivity contribution >= 4 is 5.82 Å². The largest absolute Gasteiger partial charge is 0.355 e. The van der Waals surface area contributed by atoms with Crippen LogP contribution in [0.4, 0.5) is 5.82 Å². The third-order valence-electron chi connectivity index (χ3n) is 3.15. The molecule has 1 aliphatic rings. The van der Waals surface area contributed by atoms with Gasteiger partial charge in [0.1, 0.15) is 5.82 Å². The van der Waals surface area contributed by atoms with Gasteiger partial charge >= 0.3 is 0 Å². The molecular weight excluding hydrogens is 212 g/mol. The summed E-state index contributed by atoms with van der Waals surface area (Å²) < 4.78 is 0. The summed E-state index contributed by atoms with van der Waals surface area (Å²) in [5.74, 6) is 1.81. The van der Waals surface area contributed by atoms with Gasteiger partial charge in [0.2, 0.25) is 0 Å². The molecule has 2 heterocycles. The molecule has 2 rings (SSSR count). The van der Waals surface area contributed by atoms with Crippen LogP contribution in [0.5, 0.6) is 0 Å². The second-order valence-corrected chi connectivity index (χ2v) is 4.89. The number of nitrogens with one attached hydrogen (secondary N) is 1. The van der Waals surface area contributed by atoms with E-state index in [-0.39, 0.29) is 0 Å². The van der Waals surface area contributed by atoms with Crippen molar-refractivity contribution in [2.45, 2.75) is 33.2 Å². The minimum atomic E-state index is 0.777. The summed E-state index contributed by atoms with van der Waals surface area (Å²) in [4.78, 5) is 11.3. The van der Waals surface area contributed by atoms with Crippen molar-refractivity contribution in [3.63, 3.8) is 0 Å². The molecule has 0 bridgehead atoms. The standard InChI is InChI=1S/C13H22N4/c1-3-5-14-7-12-8-15-9-13(16-12)17-6-4-11(2)10-17/h8-9,11,14H,3-7,10H2,1-2H3. The van der Waals surface area contributed by atoms with E-state index in [4.69, 9.17) is 0 Å². The Kier molecular flexibility index (Phi) is 4.31. The van der Waals surface area contributed by atoms with E-state index in [1.807, 2.05) is 12.4 Å². The van der Waals surface area contributed by atoms with Crippen molar-refractivity contribution in [2.75, 3.05) is 24.5 Å². The Morgan fingerprint density at radius 3 is 3.06 bits per heavy atom. The highest BCUT2D eigenvalue weighted by Crippen LogP contribution is 2.20. The lowest BCUT2D eigenvalue weighted by atomic mass is 10.2. The number of aromatic nitrogens is 2. The van der Waals surface area contributed by atoms with Gasteiger partial charge in [0.15, 0.2) is 0 Å². The molecule has 0 amide bonds. The van der Waals surface area contributed by atoms with E-state index in [0.717, 1.165) is 50.0 Å². The molecule has 0 aliphatic carbocycles. The number of rotatable bonds is 5. The molecule has 1 atom stereocenters. The van der Waals surface area contributed by atoms with Crippen molar-refractivity contribution in [3.05, 3.63) is 18.1 Å². The molecule has 94 valence electrons. The Hall–Kier alpha value is -1.16. The number of nitrogens with zero attached hydrogens (tertiary/aromatic N) is 3. The third-order valence-corrected chi connectivity index (χ3v) is 3.15. The molecule has 1 N–H and O–H groups in total. The monoisotopic (exact) mass is 234 g/mol. The highest BCUT2D eigenvalue weighted by atomic mass is 15.2. The summed E-state index contributed by atoms with van der Waals surface area (Å²) in [5, 5.41) is 3.36. The summed E-state index contributed by atoms with van der Waals surface area (Å²) in [6.07, 6.45) is 6.14. The zero-order valence-corrected chi connectivity index (χ0v) is 10.8. The van der Waals surface area contributed by atoms with Gasteiger partial charge in [-0.1, -0.05) is 13.8 Å². The van der Waals surface area contributed by atoms with Crippen LogP contribution in [0.2, 0.25) is 0 Å². The van der Waals surface area contributed by atoms with E-state index in [1.54, 1.807) is 0 Å². The molecule has 0 aromatic carbocycles. The highest BCUT2D eigenvalue weighted by Gasteiger charge is 2.20. The lowest BCUT2D eigenvalue weighted by Gasteiger charge is -2.17. The first-order valence-corrected chi connectivity index (χ1v) is 6.56. The van der Waals surface area contributed by atoms with Gasteiger partial charge in [0.05, 0.1) is 11.9 Å². The molecule has 1 aliphatic heterocycles. The fourth-order valence-corrected chi connectivity index (χ4v) is 2.17. The fraction of sp³-hybridized carbons (Fsp3) is 0.692. The van der Waals surface area contributed by atoms with Crippen LogP contribution in [-0.4, -0.2) is 29.6 Å². The maximum Gasteiger partial charge on any atom is 0.147 e. The Bertz CT molecular complexity index is 353. The van der Waals surface area contributed by atoms with Crippen LogP contribution < -0.4 is 10.2 Å². The van der Waals surface area contributed by atoms with Gasteiger partial charge < -0.3 is 10.2 Å². The minimum Gasteiger partial charge on any atom is -0.355 e. The number of anilines is 1. The zero-order chi connectivity index (χ0) is 12.1. The molecule has 0 saturated carbocycles. The van der Waals surface area contributed by atoms with Crippen LogP contribution in [0.3, 0.4) is 0 Å².